The molecule has 0 aromatic rings. The summed E-state index contributed by atoms with van der Waals surface area (Å²) in [4.78, 5) is 6.93. The highest BCUT2D eigenvalue weighted by molar-refractivity contribution is 14.0. The molecule has 2 rings (SSSR count). The summed E-state index contributed by atoms with van der Waals surface area (Å²) in [6.07, 6.45) is 2.38. The molecule has 124 valence electrons. The number of hydrogen-bond donors (Lipinski definition) is 2. The highest BCUT2D eigenvalue weighted by Gasteiger charge is 2.40. The van der Waals surface area contributed by atoms with E-state index >= 15 is 0 Å². The second-order valence-corrected chi connectivity index (χ2v) is 6.58. The first-order valence-electron chi connectivity index (χ1n) is 7.66. The molecule has 1 unspecified atom stereocenters. The third-order valence-corrected chi connectivity index (χ3v) is 5.35. The van der Waals surface area contributed by atoms with Crippen molar-refractivity contribution in [2.24, 2.45) is 4.99 Å². The third-order valence-electron chi connectivity index (χ3n) is 4.12. The minimum Gasteiger partial charge on any atom is -0.379 e. The monoisotopic (exact) mass is 428 g/mol. The lowest BCUT2D eigenvalue weighted by Crippen LogP contribution is -2.60. The molecule has 0 radical (unpaired) electrons. The van der Waals surface area contributed by atoms with Gasteiger partial charge < -0.3 is 15.4 Å². The second kappa shape index (κ2) is 10.1. The number of morpholine rings is 1. The molecular formula is C14H29IN4OS. The Bertz CT molecular complexity index is 318. The Balaban J connectivity index is 0.00000220. The maximum absolute atomic E-state index is 5.50. The van der Waals surface area contributed by atoms with Gasteiger partial charge in [0.15, 0.2) is 5.96 Å². The predicted octanol–water partition coefficient (Wildman–Crippen LogP) is 1.39. The summed E-state index contributed by atoms with van der Waals surface area (Å²) in [5, 5.41) is 6.88. The van der Waals surface area contributed by atoms with Gasteiger partial charge in [-0.1, -0.05) is 6.92 Å². The third kappa shape index (κ3) is 5.44. The van der Waals surface area contributed by atoms with Crippen LogP contribution in [0.2, 0.25) is 0 Å². The van der Waals surface area contributed by atoms with Gasteiger partial charge in [0.2, 0.25) is 0 Å². The van der Waals surface area contributed by atoms with Gasteiger partial charge in [0.25, 0.3) is 0 Å². The Morgan fingerprint density at radius 2 is 2.10 bits per heavy atom. The molecule has 2 N–H and O–H groups in total. The number of aliphatic imine (C=N–C) groups is 1. The summed E-state index contributed by atoms with van der Waals surface area (Å²) in [6.45, 7) is 7.97. The zero-order chi connectivity index (χ0) is 14.3. The Morgan fingerprint density at radius 3 is 2.67 bits per heavy atom. The SMILES string of the molecule is CCCNC(=NC)NCC1(N2CCOCC2)CCSC1.I. The molecule has 0 bridgehead atoms. The van der Waals surface area contributed by atoms with Crippen molar-refractivity contribution in [1.82, 2.24) is 15.5 Å². The summed E-state index contributed by atoms with van der Waals surface area (Å²) in [5.74, 6) is 3.40. The minimum absolute atomic E-state index is 0. The second-order valence-electron chi connectivity index (χ2n) is 5.48. The van der Waals surface area contributed by atoms with E-state index in [4.69, 9.17) is 4.74 Å². The van der Waals surface area contributed by atoms with Crippen LogP contribution >= 0.6 is 35.7 Å². The average Bonchev–Trinajstić information content (AvgIpc) is 2.98. The minimum atomic E-state index is 0. The van der Waals surface area contributed by atoms with Crippen molar-refractivity contribution < 1.29 is 4.74 Å². The highest BCUT2D eigenvalue weighted by atomic mass is 127. The van der Waals surface area contributed by atoms with Crippen LogP contribution in [0.15, 0.2) is 4.99 Å². The number of guanidine groups is 1. The molecule has 0 amide bonds. The molecule has 0 saturated carbocycles. The van der Waals surface area contributed by atoms with Crippen molar-refractivity contribution in [3.63, 3.8) is 0 Å². The maximum atomic E-state index is 5.50. The molecule has 0 aromatic heterocycles. The molecule has 2 saturated heterocycles. The van der Waals surface area contributed by atoms with Crippen molar-refractivity contribution in [3.8, 4) is 0 Å². The number of halogens is 1. The first-order chi connectivity index (χ1) is 9.80. The molecule has 2 aliphatic rings. The first-order valence-corrected chi connectivity index (χ1v) is 8.81. The van der Waals surface area contributed by atoms with Gasteiger partial charge in [-0.2, -0.15) is 11.8 Å². The van der Waals surface area contributed by atoms with E-state index in [-0.39, 0.29) is 29.5 Å². The van der Waals surface area contributed by atoms with Gasteiger partial charge in [0.05, 0.1) is 13.2 Å². The lowest BCUT2D eigenvalue weighted by atomic mass is 9.95. The van der Waals surface area contributed by atoms with Crippen LogP contribution in [0.5, 0.6) is 0 Å². The molecule has 1 atom stereocenters. The van der Waals surface area contributed by atoms with Gasteiger partial charge >= 0.3 is 0 Å². The Labute approximate surface area is 150 Å². The Morgan fingerprint density at radius 1 is 1.33 bits per heavy atom. The van der Waals surface area contributed by atoms with Gasteiger partial charge in [-0.25, -0.2) is 0 Å². The lowest BCUT2D eigenvalue weighted by molar-refractivity contribution is -0.0120. The van der Waals surface area contributed by atoms with Gasteiger partial charge in [-0.3, -0.25) is 9.89 Å². The number of rotatable bonds is 5. The average molecular weight is 428 g/mol. The van der Waals surface area contributed by atoms with Crippen LogP contribution in [0.1, 0.15) is 19.8 Å². The van der Waals surface area contributed by atoms with Gasteiger partial charge in [0, 0.05) is 44.5 Å². The van der Waals surface area contributed by atoms with E-state index in [1.807, 2.05) is 7.05 Å². The van der Waals surface area contributed by atoms with Crippen LogP contribution in [0.3, 0.4) is 0 Å². The summed E-state index contributed by atoms with van der Waals surface area (Å²) in [5.41, 5.74) is 0.276. The zero-order valence-electron chi connectivity index (χ0n) is 13.2. The summed E-state index contributed by atoms with van der Waals surface area (Å²) < 4.78 is 5.50. The van der Waals surface area contributed by atoms with Crippen LogP contribution in [-0.4, -0.2) is 74.3 Å². The molecule has 5 nitrogen and oxygen atoms in total. The molecule has 2 heterocycles. The van der Waals surface area contributed by atoms with E-state index in [0.717, 1.165) is 51.8 Å². The Hall–Kier alpha value is 0.270. The molecule has 2 aliphatic heterocycles. The van der Waals surface area contributed by atoms with E-state index in [9.17, 15) is 0 Å². The molecule has 7 heteroatoms. The van der Waals surface area contributed by atoms with Gasteiger partial charge in [-0.05, 0) is 18.6 Å². The van der Waals surface area contributed by atoms with Crippen LogP contribution in [0.4, 0.5) is 0 Å². The van der Waals surface area contributed by atoms with E-state index in [1.54, 1.807) is 0 Å². The van der Waals surface area contributed by atoms with E-state index < -0.39 is 0 Å². The smallest absolute Gasteiger partial charge is 0.191 e. The van der Waals surface area contributed by atoms with Crippen molar-refractivity contribution >= 4 is 41.7 Å². The fourth-order valence-corrected chi connectivity index (χ4v) is 4.32. The number of thioether (sulfide) groups is 1. The fraction of sp³-hybridized carbons (Fsp3) is 0.929. The van der Waals surface area contributed by atoms with Crippen molar-refractivity contribution in [2.45, 2.75) is 25.3 Å². The molecule has 0 spiro atoms. The summed E-state index contributed by atoms with van der Waals surface area (Å²) in [6, 6.07) is 0. The summed E-state index contributed by atoms with van der Waals surface area (Å²) >= 11 is 2.07. The predicted molar refractivity (Wildman–Crippen MR) is 102 cm³/mol. The van der Waals surface area contributed by atoms with Crippen LogP contribution in [0, 0.1) is 0 Å². The Kier molecular flexibility index (Phi) is 9.31. The van der Waals surface area contributed by atoms with Crippen LogP contribution < -0.4 is 10.6 Å². The van der Waals surface area contributed by atoms with Crippen LogP contribution in [-0.2, 0) is 4.74 Å². The molecule has 0 aromatic carbocycles. The first kappa shape index (κ1) is 19.3. The normalized spacial score (nSPS) is 27.2. The fourth-order valence-electron chi connectivity index (χ4n) is 2.85. The summed E-state index contributed by atoms with van der Waals surface area (Å²) in [7, 11) is 1.84. The standard InChI is InChI=1S/C14H28N4OS.HI/c1-3-5-16-13(15-2)17-11-14(4-10-20-12-14)18-6-8-19-9-7-18;/h3-12H2,1-2H3,(H2,15,16,17);1H. The molecule has 2 fully saturated rings. The van der Waals surface area contributed by atoms with E-state index in [0.29, 0.717) is 0 Å². The van der Waals surface area contributed by atoms with Gasteiger partial charge in [-0.15, -0.1) is 24.0 Å². The molecule has 0 aliphatic carbocycles. The maximum Gasteiger partial charge on any atom is 0.191 e. The van der Waals surface area contributed by atoms with E-state index in [2.05, 4.69) is 39.2 Å². The highest BCUT2D eigenvalue weighted by Crippen LogP contribution is 2.33. The van der Waals surface area contributed by atoms with Crippen LogP contribution in [0.25, 0.3) is 0 Å². The van der Waals surface area contributed by atoms with Crippen molar-refractivity contribution in [3.05, 3.63) is 0 Å². The van der Waals surface area contributed by atoms with Crippen molar-refractivity contribution in [2.75, 3.05) is 57.9 Å². The molecular weight excluding hydrogens is 399 g/mol. The number of ether oxygens (including phenoxy) is 1. The van der Waals surface area contributed by atoms with Gasteiger partial charge in [0.1, 0.15) is 0 Å². The number of hydrogen-bond acceptors (Lipinski definition) is 4. The number of nitrogens with zero attached hydrogens (tertiary/aromatic N) is 2. The van der Waals surface area contributed by atoms with Crippen molar-refractivity contribution in [1.29, 1.82) is 0 Å². The zero-order valence-corrected chi connectivity index (χ0v) is 16.3. The quantitative estimate of drug-likeness (QED) is 0.394. The topological polar surface area (TPSA) is 48.9 Å². The number of nitrogens with one attached hydrogen (secondary N) is 2. The lowest BCUT2D eigenvalue weighted by Gasteiger charge is -2.43. The van der Waals surface area contributed by atoms with E-state index in [1.165, 1.54) is 17.9 Å². The largest absolute Gasteiger partial charge is 0.379 e. The molecule has 21 heavy (non-hydrogen) atoms.